The van der Waals surface area contributed by atoms with Crippen molar-refractivity contribution in [1.82, 2.24) is 14.9 Å². The number of likely N-dealkylation sites (N-methyl/N-ethyl adjacent to an activating group) is 1. The van der Waals surface area contributed by atoms with Crippen LogP contribution >= 0.6 is 0 Å². The molecule has 1 fully saturated rings. The van der Waals surface area contributed by atoms with E-state index in [2.05, 4.69) is 9.97 Å². The van der Waals surface area contributed by atoms with E-state index >= 15 is 0 Å². The molecule has 1 aliphatic rings. The van der Waals surface area contributed by atoms with E-state index in [1.165, 1.54) is 31.1 Å². The number of carbonyl (C=O) groups is 1. The Labute approximate surface area is 124 Å². The third-order valence-electron chi connectivity index (χ3n) is 3.32. The lowest BCUT2D eigenvalue weighted by Crippen LogP contribution is -2.36. The number of anilines is 1. The summed E-state index contributed by atoms with van der Waals surface area (Å²) in [4.78, 5) is 22.4. The van der Waals surface area contributed by atoms with Crippen LogP contribution < -0.4 is 4.90 Å². The zero-order chi connectivity index (χ0) is 16.4. The van der Waals surface area contributed by atoms with Gasteiger partial charge in [-0.1, -0.05) is 13.8 Å². The first kappa shape index (κ1) is 17.3. The molecule has 21 heavy (non-hydrogen) atoms. The quantitative estimate of drug-likeness (QED) is 0.909. The molecule has 0 aromatic carbocycles. The van der Waals surface area contributed by atoms with Crippen LogP contribution in [0.15, 0.2) is 12.4 Å². The van der Waals surface area contributed by atoms with Crippen LogP contribution in [0.3, 0.4) is 0 Å². The lowest BCUT2D eigenvalue weighted by Gasteiger charge is -2.20. The highest BCUT2D eigenvalue weighted by atomic mass is 19.1. The summed E-state index contributed by atoms with van der Waals surface area (Å²) in [5.74, 6) is 0.199. The predicted molar refractivity (Wildman–Crippen MR) is 78.6 cm³/mol. The Bertz CT molecular complexity index is 504. The van der Waals surface area contributed by atoms with Crippen molar-refractivity contribution < 1.29 is 14.3 Å². The predicted octanol–water partition coefficient (Wildman–Crippen LogP) is 2.29. The second-order valence-corrected chi connectivity index (χ2v) is 5.15. The number of hydrogen-bond acceptors (Lipinski definition) is 4. The molecule has 0 spiro atoms. The van der Waals surface area contributed by atoms with E-state index in [0.717, 1.165) is 4.90 Å². The summed E-state index contributed by atoms with van der Waals surface area (Å²) in [5, 5.41) is 10.1. The first-order chi connectivity index (χ1) is 9.73. The molecule has 2 heterocycles. The maximum absolute atomic E-state index is 13.9. The van der Waals surface area contributed by atoms with Gasteiger partial charge in [-0.2, -0.15) is 0 Å². The summed E-state index contributed by atoms with van der Waals surface area (Å²) >= 11 is 0. The molecule has 1 aromatic rings. The minimum absolute atomic E-state index is 0.166. The van der Waals surface area contributed by atoms with E-state index in [4.69, 9.17) is 0 Å². The van der Waals surface area contributed by atoms with Crippen molar-refractivity contribution in [2.45, 2.75) is 52.6 Å². The Morgan fingerprint density at radius 1 is 1.33 bits per heavy atom. The second kappa shape index (κ2) is 6.34. The number of hydrogen-bond donors (Lipinski definition) is 1. The van der Waals surface area contributed by atoms with E-state index in [-0.39, 0.29) is 23.6 Å². The third-order valence-corrected chi connectivity index (χ3v) is 3.32. The lowest BCUT2D eigenvalue weighted by molar-refractivity contribution is 0.138. The molecule has 1 aromatic heterocycles. The van der Waals surface area contributed by atoms with Gasteiger partial charge in [0.15, 0.2) is 6.23 Å². The number of aliphatic hydroxyl groups is 1. The molecular formula is C14H23FN4O2. The normalized spacial score (nSPS) is 22.2. The van der Waals surface area contributed by atoms with Crippen LogP contribution in [-0.4, -0.2) is 45.3 Å². The average molecular weight is 298 g/mol. The third kappa shape index (κ3) is 3.29. The summed E-state index contributed by atoms with van der Waals surface area (Å²) in [6, 6.07) is 0.651. The van der Waals surface area contributed by atoms with E-state index in [1.54, 1.807) is 14.0 Å². The van der Waals surface area contributed by atoms with Gasteiger partial charge in [-0.25, -0.2) is 24.1 Å². The molecule has 1 aliphatic heterocycles. The van der Waals surface area contributed by atoms with Gasteiger partial charge in [-0.05, 0) is 20.8 Å². The molecule has 7 heteroatoms. The van der Waals surface area contributed by atoms with E-state index < -0.39 is 11.9 Å². The van der Waals surface area contributed by atoms with Crippen molar-refractivity contribution in [3.63, 3.8) is 0 Å². The molecule has 0 aliphatic carbocycles. The Hall–Kier alpha value is -1.76. The molecule has 2 atom stereocenters. The maximum atomic E-state index is 13.9. The van der Waals surface area contributed by atoms with E-state index in [1.807, 2.05) is 13.8 Å². The molecule has 2 amide bonds. The van der Waals surface area contributed by atoms with Gasteiger partial charge >= 0.3 is 6.03 Å². The number of aromatic nitrogens is 2. The number of halogens is 1. The Kier molecular flexibility index (Phi) is 5.22. The van der Waals surface area contributed by atoms with E-state index in [0.29, 0.717) is 0 Å². The number of carbonyl (C=O) groups excluding carboxylic acids is 1. The van der Waals surface area contributed by atoms with Crippen LogP contribution in [0, 0.1) is 0 Å². The second-order valence-electron chi connectivity index (χ2n) is 5.15. The molecule has 2 unspecified atom stereocenters. The smallest absolute Gasteiger partial charge is 0.328 e. The van der Waals surface area contributed by atoms with Gasteiger partial charge in [0.25, 0.3) is 0 Å². The van der Waals surface area contributed by atoms with Crippen LogP contribution in [0.5, 0.6) is 0 Å². The molecule has 1 saturated heterocycles. The number of nitrogens with zero attached hydrogens (tertiary/aromatic N) is 4. The van der Waals surface area contributed by atoms with Gasteiger partial charge < -0.3 is 10.0 Å². The summed E-state index contributed by atoms with van der Waals surface area (Å²) < 4.78 is 13.9. The molecule has 0 radical (unpaired) electrons. The van der Waals surface area contributed by atoms with Gasteiger partial charge in [0.1, 0.15) is 17.8 Å². The van der Waals surface area contributed by atoms with Crippen molar-refractivity contribution in [3.8, 4) is 0 Å². The van der Waals surface area contributed by atoms with Gasteiger partial charge in [0.2, 0.25) is 0 Å². The molecular weight excluding hydrogens is 275 g/mol. The number of amides is 2. The fourth-order valence-electron chi connectivity index (χ4n) is 1.91. The summed E-state index contributed by atoms with van der Waals surface area (Å²) in [5.41, 5.74) is -1.47. The summed E-state index contributed by atoms with van der Waals surface area (Å²) in [6.07, 6.45) is 0.178. The van der Waals surface area contributed by atoms with Crippen molar-refractivity contribution in [3.05, 3.63) is 18.1 Å². The van der Waals surface area contributed by atoms with Gasteiger partial charge in [0.05, 0.1) is 11.7 Å². The Balaban J connectivity index is 0.00000106. The number of rotatable bonds is 2. The first-order valence-electron chi connectivity index (χ1n) is 6.99. The molecule has 118 valence electrons. The number of aliphatic hydroxyl groups excluding tert-OH is 1. The highest BCUT2D eigenvalue weighted by Crippen LogP contribution is 2.29. The Morgan fingerprint density at radius 3 is 2.33 bits per heavy atom. The SMILES string of the molecule is CC.CC1C(O)N(c2cc(C(C)(C)F)ncn2)C(=O)N1C. The number of urea groups is 1. The molecule has 2 rings (SSSR count). The van der Waals surface area contributed by atoms with Crippen molar-refractivity contribution in [2.24, 2.45) is 0 Å². The molecule has 6 nitrogen and oxygen atoms in total. The minimum atomic E-state index is -1.64. The zero-order valence-electron chi connectivity index (χ0n) is 13.3. The largest absolute Gasteiger partial charge is 0.371 e. The highest BCUT2D eigenvalue weighted by Gasteiger charge is 2.42. The topological polar surface area (TPSA) is 69.6 Å². The fourth-order valence-corrected chi connectivity index (χ4v) is 1.91. The minimum Gasteiger partial charge on any atom is -0.371 e. The zero-order valence-corrected chi connectivity index (χ0v) is 13.3. The average Bonchev–Trinajstić information content (AvgIpc) is 2.64. The molecule has 1 N–H and O–H groups in total. The first-order valence-corrected chi connectivity index (χ1v) is 6.99. The van der Waals surface area contributed by atoms with Crippen LogP contribution in [-0.2, 0) is 5.67 Å². The van der Waals surface area contributed by atoms with Crippen molar-refractivity contribution in [2.75, 3.05) is 11.9 Å². The highest BCUT2D eigenvalue weighted by molar-refractivity contribution is 5.94. The Morgan fingerprint density at radius 2 is 1.90 bits per heavy atom. The van der Waals surface area contributed by atoms with Crippen LogP contribution in [0.2, 0.25) is 0 Å². The van der Waals surface area contributed by atoms with Gasteiger partial charge in [0, 0.05) is 13.1 Å². The van der Waals surface area contributed by atoms with Crippen LogP contribution in [0.4, 0.5) is 15.0 Å². The maximum Gasteiger partial charge on any atom is 0.328 e. The monoisotopic (exact) mass is 298 g/mol. The molecule has 0 saturated carbocycles. The fraction of sp³-hybridized carbons (Fsp3) is 0.643. The molecule has 0 bridgehead atoms. The van der Waals surface area contributed by atoms with Gasteiger partial charge in [-0.3, -0.25) is 0 Å². The van der Waals surface area contributed by atoms with Crippen molar-refractivity contribution in [1.29, 1.82) is 0 Å². The van der Waals surface area contributed by atoms with Crippen LogP contribution in [0.1, 0.15) is 40.3 Å². The van der Waals surface area contributed by atoms with E-state index in [9.17, 15) is 14.3 Å². The standard InChI is InChI=1S/C12H17FN4O2.C2H6/c1-7-10(18)17(11(19)16(7)4)9-5-8(12(2,3)13)14-6-15-9;1-2/h5-7,10,18H,1-4H3;1-2H3. The van der Waals surface area contributed by atoms with Gasteiger partial charge in [-0.15, -0.1) is 0 Å². The summed E-state index contributed by atoms with van der Waals surface area (Å²) in [6.45, 7) is 8.47. The number of alkyl halides is 1. The van der Waals surface area contributed by atoms with Crippen molar-refractivity contribution >= 4 is 11.8 Å². The summed E-state index contributed by atoms with van der Waals surface area (Å²) in [7, 11) is 1.59. The lowest BCUT2D eigenvalue weighted by atomic mass is 10.1. The van der Waals surface area contributed by atoms with Crippen LogP contribution in [0.25, 0.3) is 0 Å².